The van der Waals surface area contributed by atoms with Crippen molar-refractivity contribution in [3.05, 3.63) is 0 Å². The molecule has 0 aromatic heterocycles. The number of thioether (sulfide) groups is 1. The summed E-state index contributed by atoms with van der Waals surface area (Å²) in [6.45, 7) is 3.34. The monoisotopic (exact) mass is 269 g/mol. The summed E-state index contributed by atoms with van der Waals surface area (Å²) in [5, 5.41) is 0. The van der Waals surface area contributed by atoms with Crippen molar-refractivity contribution < 1.29 is 4.74 Å². The average molecular weight is 269 g/mol. The lowest BCUT2D eigenvalue weighted by atomic mass is 9.76. The molecule has 1 spiro atoms. The first kappa shape index (κ1) is 13.3. The van der Waals surface area contributed by atoms with Gasteiger partial charge in [-0.05, 0) is 57.1 Å². The molecule has 1 aliphatic carbocycles. The maximum absolute atomic E-state index is 6.66. The summed E-state index contributed by atoms with van der Waals surface area (Å²) in [5.41, 5.74) is 6.88. The Morgan fingerprint density at radius 2 is 2.00 bits per heavy atom. The zero-order valence-electron chi connectivity index (χ0n) is 11.6. The van der Waals surface area contributed by atoms with Crippen LogP contribution in [0.2, 0.25) is 0 Å². The van der Waals surface area contributed by atoms with Crippen molar-refractivity contribution in [2.45, 2.75) is 74.7 Å². The van der Waals surface area contributed by atoms with Gasteiger partial charge in [0.15, 0.2) is 0 Å². The van der Waals surface area contributed by atoms with E-state index in [1.54, 1.807) is 0 Å². The van der Waals surface area contributed by atoms with Crippen molar-refractivity contribution in [3.63, 3.8) is 0 Å². The molecule has 2 aliphatic heterocycles. The number of ether oxygens (including phenoxy) is 1. The maximum atomic E-state index is 6.66. The second-order valence-electron chi connectivity index (χ2n) is 6.78. The maximum Gasteiger partial charge on any atom is 0.0685 e. The van der Waals surface area contributed by atoms with Crippen LogP contribution in [0.1, 0.15) is 58.3 Å². The Kier molecular flexibility index (Phi) is 3.68. The van der Waals surface area contributed by atoms with E-state index in [2.05, 4.69) is 18.7 Å². The van der Waals surface area contributed by atoms with Crippen LogP contribution in [-0.2, 0) is 4.74 Å². The molecule has 3 atom stereocenters. The van der Waals surface area contributed by atoms with E-state index >= 15 is 0 Å². The minimum Gasteiger partial charge on any atom is -0.375 e. The van der Waals surface area contributed by atoms with Crippen molar-refractivity contribution in [1.82, 2.24) is 0 Å². The standard InChI is InChI=1S/C15H27NOS/c1-14(6-4-10-18-14)13(16)12-5-9-17-15(11-12)7-2-3-8-15/h12-13H,2-11,16H2,1H3. The van der Waals surface area contributed by atoms with Gasteiger partial charge in [-0.2, -0.15) is 11.8 Å². The first-order chi connectivity index (χ1) is 8.64. The Hall–Kier alpha value is 0.270. The van der Waals surface area contributed by atoms with Gasteiger partial charge in [0, 0.05) is 17.4 Å². The van der Waals surface area contributed by atoms with Crippen LogP contribution in [0, 0.1) is 5.92 Å². The summed E-state index contributed by atoms with van der Waals surface area (Å²) in [6, 6.07) is 0.367. The van der Waals surface area contributed by atoms with Gasteiger partial charge in [0.05, 0.1) is 5.60 Å². The van der Waals surface area contributed by atoms with E-state index < -0.39 is 0 Å². The SMILES string of the molecule is CC1(C(N)C2CCOC3(CCCC3)C2)CCCS1. The van der Waals surface area contributed by atoms with Gasteiger partial charge in [0.2, 0.25) is 0 Å². The predicted octanol–water partition coefficient (Wildman–Crippen LogP) is 3.34. The fraction of sp³-hybridized carbons (Fsp3) is 1.00. The Bertz CT molecular complexity index is 285. The molecule has 0 bridgehead atoms. The quantitative estimate of drug-likeness (QED) is 0.835. The Morgan fingerprint density at radius 3 is 2.67 bits per heavy atom. The number of nitrogens with two attached hydrogens (primary N) is 1. The second-order valence-corrected chi connectivity index (χ2v) is 8.41. The van der Waals surface area contributed by atoms with E-state index in [0.717, 1.165) is 6.61 Å². The van der Waals surface area contributed by atoms with Gasteiger partial charge in [0.1, 0.15) is 0 Å². The van der Waals surface area contributed by atoms with E-state index in [9.17, 15) is 0 Å². The number of rotatable bonds is 2. The van der Waals surface area contributed by atoms with Crippen LogP contribution in [0.25, 0.3) is 0 Å². The molecule has 18 heavy (non-hydrogen) atoms. The molecule has 0 radical (unpaired) electrons. The topological polar surface area (TPSA) is 35.2 Å². The van der Waals surface area contributed by atoms with E-state index in [1.807, 2.05) is 0 Å². The fourth-order valence-electron chi connectivity index (χ4n) is 4.30. The van der Waals surface area contributed by atoms with Crippen molar-refractivity contribution in [2.24, 2.45) is 11.7 Å². The van der Waals surface area contributed by atoms with Crippen LogP contribution in [0.4, 0.5) is 0 Å². The third kappa shape index (κ3) is 2.34. The van der Waals surface area contributed by atoms with Crippen LogP contribution in [-0.4, -0.2) is 28.7 Å². The van der Waals surface area contributed by atoms with Crippen molar-refractivity contribution in [2.75, 3.05) is 12.4 Å². The third-order valence-electron chi connectivity index (χ3n) is 5.51. The molecule has 3 unspecified atom stereocenters. The predicted molar refractivity (Wildman–Crippen MR) is 77.9 cm³/mol. The molecular formula is C15H27NOS. The molecule has 2 heterocycles. The normalized spacial score (nSPS) is 41.3. The van der Waals surface area contributed by atoms with Crippen LogP contribution >= 0.6 is 11.8 Å². The Labute approximate surface area is 115 Å². The number of hydrogen-bond donors (Lipinski definition) is 1. The van der Waals surface area contributed by atoms with Gasteiger partial charge in [-0.3, -0.25) is 0 Å². The summed E-state index contributed by atoms with van der Waals surface area (Å²) >= 11 is 2.11. The Morgan fingerprint density at radius 1 is 1.22 bits per heavy atom. The van der Waals surface area contributed by atoms with Crippen molar-refractivity contribution >= 4 is 11.8 Å². The third-order valence-corrected chi connectivity index (χ3v) is 7.14. The van der Waals surface area contributed by atoms with Gasteiger partial charge in [-0.25, -0.2) is 0 Å². The van der Waals surface area contributed by atoms with Gasteiger partial charge in [0.25, 0.3) is 0 Å². The van der Waals surface area contributed by atoms with Crippen molar-refractivity contribution in [3.8, 4) is 0 Å². The van der Waals surface area contributed by atoms with Crippen LogP contribution in [0.3, 0.4) is 0 Å². The highest BCUT2D eigenvalue weighted by atomic mass is 32.2. The molecule has 1 saturated carbocycles. The highest BCUT2D eigenvalue weighted by Gasteiger charge is 2.46. The average Bonchev–Trinajstić information content (AvgIpc) is 2.99. The lowest BCUT2D eigenvalue weighted by molar-refractivity contribution is -0.0975. The zero-order chi connectivity index (χ0) is 12.6. The molecule has 0 aromatic carbocycles. The molecule has 2 N–H and O–H groups in total. The fourth-order valence-corrected chi connectivity index (χ4v) is 5.73. The molecule has 2 saturated heterocycles. The minimum absolute atomic E-state index is 0.222. The minimum atomic E-state index is 0.222. The van der Waals surface area contributed by atoms with Gasteiger partial charge in [-0.1, -0.05) is 12.8 Å². The first-order valence-electron chi connectivity index (χ1n) is 7.67. The molecule has 2 nitrogen and oxygen atoms in total. The van der Waals surface area contributed by atoms with Crippen LogP contribution < -0.4 is 5.73 Å². The molecule has 3 fully saturated rings. The van der Waals surface area contributed by atoms with E-state index in [-0.39, 0.29) is 5.60 Å². The lowest BCUT2D eigenvalue weighted by Gasteiger charge is -2.44. The highest BCUT2D eigenvalue weighted by molar-refractivity contribution is 8.00. The molecule has 3 heteroatoms. The van der Waals surface area contributed by atoms with Gasteiger partial charge >= 0.3 is 0 Å². The molecule has 104 valence electrons. The van der Waals surface area contributed by atoms with E-state index in [4.69, 9.17) is 10.5 Å². The summed E-state index contributed by atoms with van der Waals surface area (Å²) in [6.07, 6.45) is 10.3. The largest absolute Gasteiger partial charge is 0.375 e. The second kappa shape index (κ2) is 4.99. The Balaban J connectivity index is 1.68. The molecule has 0 amide bonds. The van der Waals surface area contributed by atoms with E-state index in [1.165, 1.54) is 57.1 Å². The van der Waals surface area contributed by atoms with Gasteiger partial charge in [-0.15, -0.1) is 0 Å². The zero-order valence-corrected chi connectivity index (χ0v) is 12.4. The molecule has 0 aromatic rings. The molecular weight excluding hydrogens is 242 g/mol. The summed E-state index contributed by atoms with van der Waals surface area (Å²) in [7, 11) is 0. The summed E-state index contributed by atoms with van der Waals surface area (Å²) < 4.78 is 6.48. The summed E-state index contributed by atoms with van der Waals surface area (Å²) in [5.74, 6) is 1.99. The molecule has 3 rings (SSSR count). The van der Waals surface area contributed by atoms with Crippen LogP contribution in [0.5, 0.6) is 0 Å². The smallest absolute Gasteiger partial charge is 0.0685 e. The molecule has 3 aliphatic rings. The number of hydrogen-bond acceptors (Lipinski definition) is 3. The lowest BCUT2D eigenvalue weighted by Crippen LogP contribution is -2.51. The van der Waals surface area contributed by atoms with Crippen LogP contribution in [0.15, 0.2) is 0 Å². The summed E-state index contributed by atoms with van der Waals surface area (Å²) in [4.78, 5) is 0. The first-order valence-corrected chi connectivity index (χ1v) is 8.66. The highest BCUT2D eigenvalue weighted by Crippen LogP contribution is 2.48. The van der Waals surface area contributed by atoms with E-state index in [0.29, 0.717) is 16.7 Å². The van der Waals surface area contributed by atoms with Gasteiger partial charge < -0.3 is 10.5 Å². The van der Waals surface area contributed by atoms with Crippen molar-refractivity contribution in [1.29, 1.82) is 0 Å².